The molecule has 1 aromatic rings. The third-order valence-electron chi connectivity index (χ3n) is 2.75. The molecule has 0 aliphatic rings. The number of aliphatic hydroxyl groups is 3. The molecule has 3 amide bonds. The molecule has 0 unspecified atom stereocenters. The standard InChI is InChI=1S/C13H19N3O5/c17-7-13(8-18,9-19)16-11(20)6-14-12(21)15-10-4-2-1-3-5-10/h1-5,17-19H,6-9H2,(H,16,20)(H2,14,15,21). The van der Waals surface area contributed by atoms with Crippen LogP contribution in [0.4, 0.5) is 10.5 Å². The Morgan fingerprint density at radius 1 is 1.00 bits per heavy atom. The Bertz CT molecular complexity index is 454. The van der Waals surface area contributed by atoms with E-state index < -0.39 is 37.3 Å². The first-order valence-electron chi connectivity index (χ1n) is 6.29. The number of hydrogen-bond donors (Lipinski definition) is 6. The molecule has 116 valence electrons. The highest BCUT2D eigenvalue weighted by atomic mass is 16.3. The molecular formula is C13H19N3O5. The molecule has 1 aromatic carbocycles. The van der Waals surface area contributed by atoms with Crippen LogP contribution in [-0.2, 0) is 4.79 Å². The van der Waals surface area contributed by atoms with Crippen LogP contribution >= 0.6 is 0 Å². The summed E-state index contributed by atoms with van der Waals surface area (Å²) in [5.74, 6) is -0.643. The van der Waals surface area contributed by atoms with Gasteiger partial charge in [-0.1, -0.05) is 18.2 Å². The van der Waals surface area contributed by atoms with Crippen molar-refractivity contribution in [1.29, 1.82) is 0 Å². The number of carbonyl (C=O) groups excluding carboxylic acids is 2. The number of benzene rings is 1. The quantitative estimate of drug-likeness (QED) is 0.370. The molecular weight excluding hydrogens is 278 g/mol. The van der Waals surface area contributed by atoms with E-state index in [1.165, 1.54) is 0 Å². The van der Waals surface area contributed by atoms with E-state index in [1.54, 1.807) is 30.3 Å². The molecule has 0 aliphatic carbocycles. The minimum absolute atomic E-state index is 0.361. The number of anilines is 1. The van der Waals surface area contributed by atoms with Crippen LogP contribution in [0.15, 0.2) is 30.3 Å². The lowest BCUT2D eigenvalue weighted by atomic mass is 10.0. The number of hydrogen-bond acceptors (Lipinski definition) is 5. The molecule has 0 heterocycles. The molecule has 8 heteroatoms. The normalized spacial score (nSPS) is 10.8. The molecule has 1 rings (SSSR count). The van der Waals surface area contributed by atoms with Crippen LogP contribution in [0.25, 0.3) is 0 Å². The lowest BCUT2D eigenvalue weighted by Crippen LogP contribution is -2.58. The number of urea groups is 1. The van der Waals surface area contributed by atoms with Gasteiger partial charge in [0.1, 0.15) is 5.54 Å². The average molecular weight is 297 g/mol. The molecule has 0 spiro atoms. The molecule has 0 aliphatic heterocycles. The van der Waals surface area contributed by atoms with Gasteiger partial charge >= 0.3 is 6.03 Å². The van der Waals surface area contributed by atoms with Gasteiger partial charge in [-0.3, -0.25) is 4.79 Å². The predicted octanol–water partition coefficient (Wildman–Crippen LogP) is -1.36. The van der Waals surface area contributed by atoms with Crippen LogP contribution in [0, 0.1) is 0 Å². The summed E-state index contributed by atoms with van der Waals surface area (Å²) in [5.41, 5.74) is -0.930. The van der Waals surface area contributed by atoms with E-state index in [9.17, 15) is 9.59 Å². The minimum Gasteiger partial charge on any atom is -0.394 e. The highest BCUT2D eigenvalue weighted by molar-refractivity contribution is 5.92. The molecule has 21 heavy (non-hydrogen) atoms. The van der Waals surface area contributed by atoms with Crippen molar-refractivity contribution in [1.82, 2.24) is 10.6 Å². The SMILES string of the molecule is O=C(CNC(=O)Nc1ccccc1)NC(CO)(CO)CO. The summed E-state index contributed by atoms with van der Waals surface area (Å²) in [6.45, 7) is -2.23. The zero-order valence-electron chi connectivity index (χ0n) is 11.4. The number of carbonyl (C=O) groups is 2. The molecule has 8 nitrogen and oxygen atoms in total. The average Bonchev–Trinajstić information content (AvgIpc) is 2.52. The number of amides is 3. The number of aliphatic hydroxyl groups excluding tert-OH is 3. The van der Waals surface area contributed by atoms with Gasteiger partial charge in [-0.2, -0.15) is 0 Å². The molecule has 6 N–H and O–H groups in total. The maximum absolute atomic E-state index is 11.6. The Morgan fingerprint density at radius 3 is 2.10 bits per heavy atom. The van der Waals surface area contributed by atoms with Gasteiger partial charge in [-0.15, -0.1) is 0 Å². The fourth-order valence-corrected chi connectivity index (χ4v) is 1.47. The first-order chi connectivity index (χ1) is 10.0. The zero-order chi connectivity index (χ0) is 15.7. The summed E-state index contributed by atoms with van der Waals surface area (Å²) in [4.78, 5) is 23.1. The summed E-state index contributed by atoms with van der Waals surface area (Å²) in [5, 5.41) is 34.3. The van der Waals surface area contributed by atoms with Gasteiger partial charge in [0.25, 0.3) is 0 Å². The highest BCUT2D eigenvalue weighted by Crippen LogP contribution is 2.04. The maximum Gasteiger partial charge on any atom is 0.319 e. The Labute approximate surface area is 121 Å². The number of rotatable bonds is 7. The Balaban J connectivity index is 2.40. The molecule has 0 saturated carbocycles. The first-order valence-corrected chi connectivity index (χ1v) is 6.29. The molecule has 0 bridgehead atoms. The molecule has 0 fully saturated rings. The molecule has 0 aromatic heterocycles. The van der Waals surface area contributed by atoms with Crippen LogP contribution in [-0.4, -0.2) is 59.2 Å². The van der Waals surface area contributed by atoms with Gasteiger partial charge in [0, 0.05) is 5.69 Å². The monoisotopic (exact) mass is 297 g/mol. The minimum atomic E-state index is -1.51. The fraction of sp³-hybridized carbons (Fsp3) is 0.385. The lowest BCUT2D eigenvalue weighted by molar-refractivity contribution is -0.124. The van der Waals surface area contributed by atoms with Crippen molar-refractivity contribution in [2.24, 2.45) is 0 Å². The van der Waals surface area contributed by atoms with Crippen molar-refractivity contribution < 1.29 is 24.9 Å². The third kappa shape index (κ3) is 5.38. The Hall–Kier alpha value is -2.16. The van der Waals surface area contributed by atoms with Crippen molar-refractivity contribution in [3.05, 3.63) is 30.3 Å². The summed E-state index contributed by atoms with van der Waals surface area (Å²) >= 11 is 0. The zero-order valence-corrected chi connectivity index (χ0v) is 11.4. The summed E-state index contributed by atoms with van der Waals surface area (Å²) in [6, 6.07) is 8.11. The van der Waals surface area contributed by atoms with Crippen LogP contribution < -0.4 is 16.0 Å². The number of para-hydroxylation sites is 1. The van der Waals surface area contributed by atoms with Crippen molar-refractivity contribution >= 4 is 17.6 Å². The summed E-state index contributed by atoms with van der Waals surface area (Å²) < 4.78 is 0. The number of nitrogens with one attached hydrogen (secondary N) is 3. The van der Waals surface area contributed by atoms with Crippen LogP contribution in [0.2, 0.25) is 0 Å². The van der Waals surface area contributed by atoms with Gasteiger partial charge in [0.05, 0.1) is 26.4 Å². The first kappa shape index (κ1) is 16.9. The van der Waals surface area contributed by atoms with Crippen LogP contribution in [0.1, 0.15) is 0 Å². The van der Waals surface area contributed by atoms with E-state index in [0.717, 1.165) is 0 Å². The van der Waals surface area contributed by atoms with Crippen molar-refractivity contribution in [2.75, 3.05) is 31.7 Å². The predicted molar refractivity (Wildman–Crippen MR) is 75.6 cm³/mol. The summed E-state index contributed by atoms with van der Waals surface area (Å²) in [7, 11) is 0. The lowest BCUT2D eigenvalue weighted by Gasteiger charge is -2.28. The van der Waals surface area contributed by atoms with Crippen LogP contribution in [0.3, 0.4) is 0 Å². The maximum atomic E-state index is 11.6. The largest absolute Gasteiger partial charge is 0.394 e. The Kier molecular flexibility index (Phi) is 6.60. The van der Waals surface area contributed by atoms with E-state index in [1.807, 2.05) is 0 Å². The third-order valence-corrected chi connectivity index (χ3v) is 2.75. The topological polar surface area (TPSA) is 131 Å². The van der Waals surface area contributed by atoms with Gasteiger partial charge in [-0.25, -0.2) is 4.79 Å². The van der Waals surface area contributed by atoms with E-state index in [-0.39, 0.29) is 6.54 Å². The van der Waals surface area contributed by atoms with Gasteiger partial charge in [-0.05, 0) is 12.1 Å². The Morgan fingerprint density at radius 2 is 1.57 bits per heavy atom. The van der Waals surface area contributed by atoms with E-state index in [2.05, 4.69) is 16.0 Å². The van der Waals surface area contributed by atoms with E-state index >= 15 is 0 Å². The van der Waals surface area contributed by atoms with Gasteiger partial charge in [0.15, 0.2) is 0 Å². The van der Waals surface area contributed by atoms with Gasteiger partial charge in [0.2, 0.25) is 5.91 Å². The molecule has 0 atom stereocenters. The molecule has 0 saturated heterocycles. The van der Waals surface area contributed by atoms with Crippen molar-refractivity contribution in [3.63, 3.8) is 0 Å². The fourth-order valence-electron chi connectivity index (χ4n) is 1.47. The second-order valence-corrected chi connectivity index (χ2v) is 4.48. The van der Waals surface area contributed by atoms with Crippen LogP contribution in [0.5, 0.6) is 0 Å². The van der Waals surface area contributed by atoms with E-state index in [4.69, 9.17) is 15.3 Å². The molecule has 0 radical (unpaired) electrons. The van der Waals surface area contributed by atoms with Gasteiger partial charge < -0.3 is 31.3 Å². The summed E-state index contributed by atoms with van der Waals surface area (Å²) in [6.07, 6.45) is 0. The smallest absolute Gasteiger partial charge is 0.319 e. The second kappa shape index (κ2) is 8.20. The van der Waals surface area contributed by atoms with Crippen molar-refractivity contribution in [2.45, 2.75) is 5.54 Å². The van der Waals surface area contributed by atoms with Crippen molar-refractivity contribution in [3.8, 4) is 0 Å². The second-order valence-electron chi connectivity index (χ2n) is 4.48. The highest BCUT2D eigenvalue weighted by Gasteiger charge is 2.29. The van der Waals surface area contributed by atoms with E-state index in [0.29, 0.717) is 5.69 Å².